The van der Waals surface area contributed by atoms with E-state index in [4.69, 9.17) is 10.8 Å². The Morgan fingerprint density at radius 2 is 2.27 bits per heavy atom. The van der Waals surface area contributed by atoms with Crippen LogP contribution in [0.25, 0.3) is 0 Å². The Morgan fingerprint density at radius 1 is 1.64 bits per heavy atom. The molecule has 62 valence electrons. The summed E-state index contributed by atoms with van der Waals surface area (Å²) in [5.74, 6) is -0.916. The molecule has 0 radical (unpaired) electrons. The van der Waals surface area contributed by atoms with Crippen molar-refractivity contribution in [2.45, 2.75) is 18.4 Å². The summed E-state index contributed by atoms with van der Waals surface area (Å²) in [6, 6.07) is 0. The number of hydrogen-bond acceptors (Lipinski definition) is 4. The van der Waals surface area contributed by atoms with Crippen LogP contribution in [0.15, 0.2) is 0 Å². The third-order valence-corrected chi connectivity index (χ3v) is 1.79. The second-order valence-corrected chi connectivity index (χ2v) is 2.69. The number of aliphatic hydroxyl groups excluding tert-OH is 1. The third-order valence-electron chi connectivity index (χ3n) is 1.79. The lowest BCUT2D eigenvalue weighted by Crippen LogP contribution is -2.61. The van der Waals surface area contributed by atoms with Crippen molar-refractivity contribution >= 4 is 11.8 Å². The van der Waals surface area contributed by atoms with E-state index in [0.717, 1.165) is 0 Å². The highest BCUT2D eigenvalue weighted by Crippen LogP contribution is 2.13. The quantitative estimate of drug-likeness (QED) is 0.389. The molecular formula is C6H10N2O3. The van der Waals surface area contributed by atoms with E-state index in [1.54, 1.807) is 0 Å². The first-order valence-corrected chi connectivity index (χ1v) is 3.32. The first-order valence-electron chi connectivity index (χ1n) is 3.32. The molecule has 5 heteroatoms. The molecular weight excluding hydrogens is 148 g/mol. The minimum absolute atomic E-state index is 0.197. The minimum atomic E-state index is -1.26. The lowest BCUT2D eigenvalue weighted by molar-refractivity contribution is -0.138. The summed E-state index contributed by atoms with van der Waals surface area (Å²) in [5.41, 5.74) is 4.19. The van der Waals surface area contributed by atoms with Gasteiger partial charge >= 0.3 is 0 Å². The molecule has 0 spiro atoms. The van der Waals surface area contributed by atoms with E-state index in [1.807, 2.05) is 0 Å². The molecule has 1 fully saturated rings. The Hall–Kier alpha value is -0.940. The van der Waals surface area contributed by atoms with Gasteiger partial charge in [0, 0.05) is 6.42 Å². The molecule has 0 bridgehead atoms. The second kappa shape index (κ2) is 2.60. The first kappa shape index (κ1) is 8.16. The van der Waals surface area contributed by atoms with Crippen LogP contribution in [0.4, 0.5) is 0 Å². The van der Waals surface area contributed by atoms with Crippen LogP contribution in [0.1, 0.15) is 12.8 Å². The molecule has 1 saturated heterocycles. The fourth-order valence-electron chi connectivity index (χ4n) is 0.915. The van der Waals surface area contributed by atoms with Gasteiger partial charge in [0.15, 0.2) is 0 Å². The van der Waals surface area contributed by atoms with Crippen LogP contribution in [0.2, 0.25) is 0 Å². The molecule has 1 unspecified atom stereocenters. The van der Waals surface area contributed by atoms with Crippen molar-refractivity contribution in [3.63, 3.8) is 0 Å². The Morgan fingerprint density at radius 3 is 2.73 bits per heavy atom. The molecule has 1 aliphatic rings. The number of carbonyl (C=O) groups excluding carboxylic acids is 2. The average Bonchev–Trinajstić information content (AvgIpc) is 1.98. The number of nitrogens with two attached hydrogens (primary N) is 1. The summed E-state index contributed by atoms with van der Waals surface area (Å²) < 4.78 is 0. The number of rotatable bonds is 1. The molecule has 0 aromatic carbocycles. The van der Waals surface area contributed by atoms with E-state index in [0.29, 0.717) is 0 Å². The van der Waals surface area contributed by atoms with Crippen molar-refractivity contribution in [2.24, 2.45) is 5.73 Å². The van der Waals surface area contributed by atoms with Gasteiger partial charge in [-0.15, -0.1) is 0 Å². The maximum atomic E-state index is 10.9. The van der Waals surface area contributed by atoms with E-state index in [9.17, 15) is 9.59 Å². The highest BCUT2D eigenvalue weighted by atomic mass is 16.3. The van der Waals surface area contributed by atoms with E-state index in [-0.39, 0.29) is 18.7 Å². The lowest BCUT2D eigenvalue weighted by Gasteiger charge is -2.28. The Balaban J connectivity index is 2.71. The normalized spacial score (nSPS) is 31.8. The van der Waals surface area contributed by atoms with Gasteiger partial charge < -0.3 is 10.8 Å². The predicted molar refractivity (Wildman–Crippen MR) is 36.4 cm³/mol. The first-order chi connectivity index (χ1) is 5.08. The highest BCUT2D eigenvalue weighted by Gasteiger charge is 2.38. The van der Waals surface area contributed by atoms with Crippen molar-refractivity contribution < 1.29 is 14.7 Å². The Bertz CT molecular complexity index is 204. The number of nitrogens with one attached hydrogen (secondary N) is 1. The van der Waals surface area contributed by atoms with Crippen LogP contribution in [0.5, 0.6) is 0 Å². The molecule has 1 rings (SSSR count). The van der Waals surface area contributed by atoms with Crippen LogP contribution in [-0.2, 0) is 9.59 Å². The molecule has 2 amide bonds. The maximum absolute atomic E-state index is 10.9. The zero-order valence-corrected chi connectivity index (χ0v) is 5.96. The fraction of sp³-hybridized carbons (Fsp3) is 0.667. The third kappa shape index (κ3) is 1.38. The molecule has 0 aromatic rings. The minimum Gasteiger partial charge on any atom is -0.394 e. The molecule has 1 heterocycles. The van der Waals surface area contributed by atoms with Crippen LogP contribution in [0, 0.1) is 0 Å². The largest absolute Gasteiger partial charge is 0.394 e. The summed E-state index contributed by atoms with van der Waals surface area (Å²) in [6.07, 6.45) is 0.414. The number of piperidine rings is 1. The van der Waals surface area contributed by atoms with Gasteiger partial charge in [-0.2, -0.15) is 0 Å². The van der Waals surface area contributed by atoms with Crippen molar-refractivity contribution in [3.8, 4) is 0 Å². The van der Waals surface area contributed by atoms with E-state index in [2.05, 4.69) is 5.32 Å². The molecule has 1 atom stereocenters. The van der Waals surface area contributed by atoms with Crippen LogP contribution >= 0.6 is 0 Å². The molecule has 0 saturated carbocycles. The van der Waals surface area contributed by atoms with Crippen LogP contribution in [0.3, 0.4) is 0 Å². The van der Waals surface area contributed by atoms with Crippen LogP contribution < -0.4 is 11.1 Å². The monoisotopic (exact) mass is 158 g/mol. The molecule has 0 aliphatic carbocycles. The Labute approximate surface area is 63.6 Å². The van der Waals surface area contributed by atoms with Gasteiger partial charge in [-0.3, -0.25) is 14.9 Å². The van der Waals surface area contributed by atoms with Gasteiger partial charge in [-0.25, -0.2) is 0 Å². The van der Waals surface area contributed by atoms with Crippen molar-refractivity contribution in [1.29, 1.82) is 0 Å². The van der Waals surface area contributed by atoms with E-state index in [1.165, 1.54) is 0 Å². The molecule has 1 aliphatic heterocycles. The zero-order chi connectivity index (χ0) is 8.48. The van der Waals surface area contributed by atoms with Gasteiger partial charge in [0.2, 0.25) is 11.8 Å². The predicted octanol–water partition coefficient (Wildman–Crippen LogP) is -1.89. The van der Waals surface area contributed by atoms with Crippen molar-refractivity contribution in [2.75, 3.05) is 6.61 Å². The fourth-order valence-corrected chi connectivity index (χ4v) is 0.915. The summed E-state index contributed by atoms with van der Waals surface area (Å²) in [6.45, 7) is -0.424. The summed E-state index contributed by atoms with van der Waals surface area (Å²) >= 11 is 0. The zero-order valence-electron chi connectivity index (χ0n) is 5.96. The average molecular weight is 158 g/mol. The number of hydrogen-bond donors (Lipinski definition) is 3. The molecule has 0 aromatic heterocycles. The van der Waals surface area contributed by atoms with Crippen molar-refractivity contribution in [1.82, 2.24) is 5.32 Å². The number of aliphatic hydroxyl groups is 1. The number of imide groups is 1. The van der Waals surface area contributed by atoms with Gasteiger partial charge in [0.05, 0.1) is 6.61 Å². The standard InChI is InChI=1S/C6H10N2O3/c7-6(3-9)2-1-4(10)8-5(6)11/h9H,1-3,7H2,(H,8,10,11). The SMILES string of the molecule is NC1(CO)CCC(=O)NC1=O. The number of carbonyl (C=O) groups is 2. The molecule has 11 heavy (non-hydrogen) atoms. The topological polar surface area (TPSA) is 92.4 Å². The lowest BCUT2D eigenvalue weighted by atomic mass is 9.91. The van der Waals surface area contributed by atoms with Crippen molar-refractivity contribution in [3.05, 3.63) is 0 Å². The highest BCUT2D eigenvalue weighted by molar-refractivity contribution is 6.02. The van der Waals surface area contributed by atoms with Crippen LogP contribution in [-0.4, -0.2) is 29.1 Å². The second-order valence-electron chi connectivity index (χ2n) is 2.69. The summed E-state index contributed by atoms with van der Waals surface area (Å²) in [5, 5.41) is 10.8. The van der Waals surface area contributed by atoms with E-state index >= 15 is 0 Å². The summed E-state index contributed by atoms with van der Waals surface area (Å²) in [4.78, 5) is 21.5. The number of amides is 2. The van der Waals surface area contributed by atoms with Gasteiger partial charge in [0.25, 0.3) is 0 Å². The van der Waals surface area contributed by atoms with Gasteiger partial charge in [0.1, 0.15) is 5.54 Å². The smallest absolute Gasteiger partial charge is 0.249 e. The Kier molecular flexibility index (Phi) is 1.92. The maximum Gasteiger partial charge on any atom is 0.249 e. The van der Waals surface area contributed by atoms with E-state index < -0.39 is 18.1 Å². The molecule has 4 N–H and O–H groups in total. The summed E-state index contributed by atoms with van der Waals surface area (Å²) in [7, 11) is 0. The van der Waals surface area contributed by atoms with Gasteiger partial charge in [-0.05, 0) is 6.42 Å². The van der Waals surface area contributed by atoms with Gasteiger partial charge in [-0.1, -0.05) is 0 Å². The molecule has 5 nitrogen and oxygen atoms in total.